The highest BCUT2D eigenvalue weighted by atomic mass is 32.1. The molecule has 0 heterocycles. The first-order chi connectivity index (χ1) is 9.60. The molecule has 0 aliphatic heterocycles. The maximum atomic E-state index is 13.2. The van der Waals surface area contributed by atoms with Gasteiger partial charge in [0.1, 0.15) is 23.2 Å². The third-order valence-corrected chi connectivity index (χ3v) is 3.26. The molecule has 0 atom stereocenters. The molecule has 0 aliphatic carbocycles. The van der Waals surface area contributed by atoms with Crippen LogP contribution in [0.25, 0.3) is 0 Å². The second-order valence-electron chi connectivity index (χ2n) is 4.46. The van der Waals surface area contributed by atoms with Gasteiger partial charge in [-0.15, -0.1) is 0 Å². The zero-order chi connectivity index (χ0) is 14.5. The van der Waals surface area contributed by atoms with E-state index in [1.54, 1.807) is 6.07 Å². The minimum absolute atomic E-state index is 0.172. The molecule has 104 valence electrons. The van der Waals surface area contributed by atoms with Crippen molar-refractivity contribution in [3.8, 4) is 5.75 Å². The maximum absolute atomic E-state index is 13.2. The Balaban J connectivity index is 2.16. The molecule has 0 unspecified atom stereocenters. The zero-order valence-corrected chi connectivity index (χ0v) is 12.0. The van der Waals surface area contributed by atoms with Crippen LogP contribution in [0, 0.1) is 5.82 Å². The van der Waals surface area contributed by atoms with E-state index in [1.807, 2.05) is 24.3 Å². The van der Waals surface area contributed by atoms with Crippen molar-refractivity contribution in [1.29, 1.82) is 0 Å². The molecular formula is C16H16FNOS. The van der Waals surface area contributed by atoms with Gasteiger partial charge in [-0.2, -0.15) is 0 Å². The first-order valence-electron chi connectivity index (χ1n) is 6.40. The highest BCUT2D eigenvalue weighted by molar-refractivity contribution is 7.80. The van der Waals surface area contributed by atoms with Gasteiger partial charge in [0, 0.05) is 5.56 Å². The van der Waals surface area contributed by atoms with Gasteiger partial charge in [0.05, 0.1) is 0 Å². The van der Waals surface area contributed by atoms with Crippen LogP contribution in [0.4, 0.5) is 4.39 Å². The quantitative estimate of drug-likeness (QED) is 0.854. The lowest BCUT2D eigenvalue weighted by Gasteiger charge is -2.11. The van der Waals surface area contributed by atoms with E-state index < -0.39 is 0 Å². The van der Waals surface area contributed by atoms with E-state index in [9.17, 15) is 4.39 Å². The van der Waals surface area contributed by atoms with Crippen LogP contribution in [-0.2, 0) is 13.0 Å². The number of aryl methyl sites for hydroxylation is 1. The summed E-state index contributed by atoms with van der Waals surface area (Å²) in [5, 5.41) is 0. The normalized spacial score (nSPS) is 10.3. The molecular weight excluding hydrogens is 273 g/mol. The van der Waals surface area contributed by atoms with Gasteiger partial charge in [-0.25, -0.2) is 4.39 Å². The molecule has 2 aromatic rings. The van der Waals surface area contributed by atoms with E-state index in [0.717, 1.165) is 17.7 Å². The number of thiocarbonyl (C=S) groups is 1. The van der Waals surface area contributed by atoms with Gasteiger partial charge >= 0.3 is 0 Å². The fourth-order valence-corrected chi connectivity index (χ4v) is 2.11. The summed E-state index contributed by atoms with van der Waals surface area (Å²) in [7, 11) is 0. The predicted molar refractivity (Wildman–Crippen MR) is 82.4 cm³/mol. The standard InChI is InChI=1S/C16H16FNOS/c1-2-11-4-3-5-14(8-11)19-10-12-6-7-13(17)9-15(12)16(18)20/h3-9H,2,10H2,1H3,(H2,18,20). The Labute approximate surface area is 123 Å². The Hall–Kier alpha value is -1.94. The van der Waals surface area contributed by atoms with E-state index in [1.165, 1.54) is 17.7 Å². The first kappa shape index (κ1) is 14.5. The van der Waals surface area contributed by atoms with Crippen molar-refractivity contribution in [3.63, 3.8) is 0 Å². The van der Waals surface area contributed by atoms with Crippen LogP contribution in [-0.4, -0.2) is 4.99 Å². The number of hydrogen-bond acceptors (Lipinski definition) is 2. The van der Waals surface area contributed by atoms with E-state index in [4.69, 9.17) is 22.7 Å². The summed E-state index contributed by atoms with van der Waals surface area (Å²) in [5.41, 5.74) is 8.11. The van der Waals surface area contributed by atoms with Crippen molar-refractivity contribution in [2.75, 3.05) is 0 Å². The second kappa shape index (κ2) is 6.48. The van der Waals surface area contributed by atoms with Crippen LogP contribution in [0.15, 0.2) is 42.5 Å². The summed E-state index contributed by atoms with van der Waals surface area (Å²) in [5.74, 6) is 0.423. The molecule has 0 fully saturated rings. The highest BCUT2D eigenvalue weighted by Gasteiger charge is 2.08. The summed E-state index contributed by atoms with van der Waals surface area (Å²) in [6, 6.07) is 12.2. The van der Waals surface area contributed by atoms with Crippen LogP contribution in [0.1, 0.15) is 23.6 Å². The lowest BCUT2D eigenvalue weighted by atomic mass is 10.1. The number of benzene rings is 2. The van der Waals surface area contributed by atoms with Gasteiger partial charge in [0.25, 0.3) is 0 Å². The molecule has 2 N–H and O–H groups in total. The Bertz CT molecular complexity index is 628. The summed E-state index contributed by atoms with van der Waals surface area (Å²) in [6.45, 7) is 2.39. The fraction of sp³-hybridized carbons (Fsp3) is 0.188. The average molecular weight is 289 g/mol. The lowest BCUT2D eigenvalue weighted by Crippen LogP contribution is -2.14. The van der Waals surface area contributed by atoms with Gasteiger partial charge < -0.3 is 10.5 Å². The van der Waals surface area contributed by atoms with Gasteiger partial charge in [0.15, 0.2) is 0 Å². The fourth-order valence-electron chi connectivity index (χ4n) is 1.92. The van der Waals surface area contributed by atoms with Crippen molar-refractivity contribution in [2.24, 2.45) is 5.73 Å². The molecule has 0 saturated heterocycles. The van der Waals surface area contributed by atoms with Crippen molar-refractivity contribution >= 4 is 17.2 Å². The third-order valence-electron chi connectivity index (χ3n) is 3.04. The summed E-state index contributed by atoms with van der Waals surface area (Å²) in [6.07, 6.45) is 0.950. The highest BCUT2D eigenvalue weighted by Crippen LogP contribution is 2.18. The SMILES string of the molecule is CCc1cccc(OCc2ccc(F)cc2C(N)=S)c1. The predicted octanol–water partition coefficient (Wildman–Crippen LogP) is 3.60. The molecule has 2 aromatic carbocycles. The van der Waals surface area contributed by atoms with Gasteiger partial charge in [-0.05, 0) is 41.8 Å². The Morgan fingerprint density at radius 2 is 2.05 bits per heavy atom. The van der Waals surface area contributed by atoms with Crippen molar-refractivity contribution in [3.05, 3.63) is 65.0 Å². The molecule has 2 nitrogen and oxygen atoms in total. The van der Waals surface area contributed by atoms with Crippen molar-refractivity contribution in [1.82, 2.24) is 0 Å². The number of halogens is 1. The summed E-state index contributed by atoms with van der Waals surface area (Å²) >= 11 is 4.94. The van der Waals surface area contributed by atoms with E-state index in [-0.39, 0.29) is 10.8 Å². The third kappa shape index (κ3) is 3.54. The topological polar surface area (TPSA) is 35.2 Å². The van der Waals surface area contributed by atoms with Crippen LogP contribution in [0.5, 0.6) is 5.75 Å². The van der Waals surface area contributed by atoms with Crippen molar-refractivity contribution in [2.45, 2.75) is 20.0 Å². The van der Waals surface area contributed by atoms with Gasteiger partial charge in [0.2, 0.25) is 0 Å². The second-order valence-corrected chi connectivity index (χ2v) is 4.90. The minimum atomic E-state index is -0.357. The summed E-state index contributed by atoms with van der Waals surface area (Å²) in [4.78, 5) is 0.172. The monoisotopic (exact) mass is 289 g/mol. The number of rotatable bonds is 5. The Morgan fingerprint density at radius 1 is 1.25 bits per heavy atom. The Kier molecular flexibility index (Phi) is 4.69. The molecule has 0 radical (unpaired) electrons. The molecule has 0 aliphatic rings. The lowest BCUT2D eigenvalue weighted by molar-refractivity contribution is 0.305. The largest absolute Gasteiger partial charge is 0.489 e. The molecule has 0 saturated carbocycles. The van der Waals surface area contributed by atoms with Crippen LogP contribution < -0.4 is 10.5 Å². The molecule has 2 rings (SSSR count). The Morgan fingerprint density at radius 3 is 2.75 bits per heavy atom. The zero-order valence-electron chi connectivity index (χ0n) is 11.2. The smallest absolute Gasteiger partial charge is 0.123 e. The summed E-state index contributed by atoms with van der Waals surface area (Å²) < 4.78 is 18.9. The molecule has 0 bridgehead atoms. The molecule has 20 heavy (non-hydrogen) atoms. The van der Waals surface area contributed by atoms with Crippen molar-refractivity contribution < 1.29 is 9.13 Å². The molecule has 0 amide bonds. The van der Waals surface area contributed by atoms with Crippen LogP contribution in [0.3, 0.4) is 0 Å². The first-order valence-corrected chi connectivity index (χ1v) is 6.81. The minimum Gasteiger partial charge on any atom is -0.489 e. The van der Waals surface area contributed by atoms with E-state index >= 15 is 0 Å². The molecule has 4 heteroatoms. The number of hydrogen-bond donors (Lipinski definition) is 1. The average Bonchev–Trinajstić information content (AvgIpc) is 2.46. The van der Waals surface area contributed by atoms with Gasteiger partial charge in [-0.3, -0.25) is 0 Å². The van der Waals surface area contributed by atoms with Crippen LogP contribution >= 0.6 is 12.2 Å². The number of nitrogens with two attached hydrogens (primary N) is 1. The molecule has 0 aromatic heterocycles. The van der Waals surface area contributed by atoms with E-state index in [0.29, 0.717) is 12.2 Å². The van der Waals surface area contributed by atoms with Crippen LogP contribution in [0.2, 0.25) is 0 Å². The van der Waals surface area contributed by atoms with E-state index in [2.05, 4.69) is 6.92 Å². The number of ether oxygens (including phenoxy) is 1. The van der Waals surface area contributed by atoms with Gasteiger partial charge in [-0.1, -0.05) is 37.3 Å². The maximum Gasteiger partial charge on any atom is 0.123 e. The molecule has 0 spiro atoms.